The number of rotatable bonds is 7. The van der Waals surface area contributed by atoms with E-state index in [1.54, 1.807) is 30.3 Å². The standard InChI is InChI=1S/C16H15ClO4/c1-19-16-10-12(11-18)6-7-15(16)21-9-8-20-14-5-3-2-4-13(14)17/h2-7,10-11H,8-9H2,1H3. The first kappa shape index (κ1) is 15.2. The summed E-state index contributed by atoms with van der Waals surface area (Å²) in [6, 6.07) is 12.2. The number of methoxy groups -OCH3 is 1. The molecule has 2 rings (SSSR count). The van der Waals surface area contributed by atoms with Crippen LogP contribution in [0.4, 0.5) is 0 Å². The minimum Gasteiger partial charge on any atom is -0.493 e. The van der Waals surface area contributed by atoms with E-state index in [9.17, 15) is 4.79 Å². The van der Waals surface area contributed by atoms with Gasteiger partial charge in [0, 0.05) is 5.56 Å². The van der Waals surface area contributed by atoms with Crippen LogP contribution in [0.2, 0.25) is 5.02 Å². The van der Waals surface area contributed by atoms with Crippen molar-refractivity contribution in [3.05, 3.63) is 53.1 Å². The summed E-state index contributed by atoms with van der Waals surface area (Å²) in [5.74, 6) is 1.69. The smallest absolute Gasteiger partial charge is 0.161 e. The molecule has 0 saturated carbocycles. The molecular formula is C16H15ClO4. The van der Waals surface area contributed by atoms with Gasteiger partial charge in [-0.1, -0.05) is 23.7 Å². The SMILES string of the molecule is COc1cc(C=O)ccc1OCCOc1ccccc1Cl. The molecule has 0 aromatic heterocycles. The van der Waals surface area contributed by atoms with Crippen LogP contribution < -0.4 is 14.2 Å². The number of benzene rings is 2. The largest absolute Gasteiger partial charge is 0.493 e. The number of ether oxygens (including phenoxy) is 3. The highest BCUT2D eigenvalue weighted by atomic mass is 35.5. The quantitative estimate of drug-likeness (QED) is 0.579. The molecule has 0 N–H and O–H groups in total. The van der Waals surface area contributed by atoms with E-state index >= 15 is 0 Å². The highest BCUT2D eigenvalue weighted by molar-refractivity contribution is 6.32. The summed E-state index contributed by atoms with van der Waals surface area (Å²) in [4.78, 5) is 10.7. The van der Waals surface area contributed by atoms with E-state index in [2.05, 4.69) is 0 Å². The first-order valence-corrected chi connectivity index (χ1v) is 6.75. The van der Waals surface area contributed by atoms with Crippen LogP contribution in [0.1, 0.15) is 10.4 Å². The number of carbonyl (C=O) groups is 1. The molecule has 0 radical (unpaired) electrons. The Bertz CT molecular complexity index is 613. The summed E-state index contributed by atoms with van der Waals surface area (Å²) in [5.41, 5.74) is 0.534. The Labute approximate surface area is 128 Å². The number of halogens is 1. The van der Waals surface area contributed by atoms with Crippen molar-refractivity contribution < 1.29 is 19.0 Å². The van der Waals surface area contributed by atoms with Gasteiger partial charge in [-0.2, -0.15) is 0 Å². The third-order valence-electron chi connectivity index (χ3n) is 2.76. The predicted octanol–water partition coefficient (Wildman–Crippen LogP) is 3.62. The molecule has 4 nitrogen and oxygen atoms in total. The van der Waals surface area contributed by atoms with Gasteiger partial charge in [-0.3, -0.25) is 4.79 Å². The second-order valence-corrected chi connectivity index (χ2v) is 4.56. The third-order valence-corrected chi connectivity index (χ3v) is 3.07. The van der Waals surface area contributed by atoms with E-state index in [0.29, 0.717) is 41.0 Å². The lowest BCUT2D eigenvalue weighted by molar-refractivity contribution is 0.112. The fourth-order valence-corrected chi connectivity index (χ4v) is 1.93. The fourth-order valence-electron chi connectivity index (χ4n) is 1.74. The minimum atomic E-state index is 0.335. The van der Waals surface area contributed by atoms with Crippen molar-refractivity contribution in [1.29, 1.82) is 0 Å². The molecule has 0 fully saturated rings. The molecule has 2 aromatic rings. The van der Waals surface area contributed by atoms with E-state index in [-0.39, 0.29) is 0 Å². The molecule has 0 saturated heterocycles. The zero-order chi connectivity index (χ0) is 15.1. The first-order chi connectivity index (χ1) is 10.2. The Kier molecular flexibility index (Phi) is 5.46. The van der Waals surface area contributed by atoms with Gasteiger partial charge in [0.05, 0.1) is 12.1 Å². The molecule has 2 aromatic carbocycles. The van der Waals surface area contributed by atoms with Gasteiger partial charge in [0.1, 0.15) is 25.2 Å². The Balaban J connectivity index is 1.89. The normalized spacial score (nSPS) is 10.0. The van der Waals surface area contributed by atoms with Crippen LogP contribution in [0.15, 0.2) is 42.5 Å². The van der Waals surface area contributed by atoms with Crippen LogP contribution in [-0.4, -0.2) is 26.6 Å². The van der Waals surface area contributed by atoms with Gasteiger partial charge in [-0.15, -0.1) is 0 Å². The van der Waals surface area contributed by atoms with E-state index in [0.717, 1.165) is 6.29 Å². The second kappa shape index (κ2) is 7.55. The molecule has 0 aliphatic rings. The predicted molar refractivity (Wildman–Crippen MR) is 80.8 cm³/mol. The average Bonchev–Trinajstić information content (AvgIpc) is 2.53. The minimum absolute atomic E-state index is 0.335. The Morgan fingerprint density at radius 2 is 1.71 bits per heavy atom. The molecule has 0 spiro atoms. The van der Waals surface area contributed by atoms with Gasteiger partial charge in [0.2, 0.25) is 0 Å². The molecular weight excluding hydrogens is 292 g/mol. The van der Waals surface area contributed by atoms with Crippen LogP contribution in [0.3, 0.4) is 0 Å². The summed E-state index contributed by atoms with van der Waals surface area (Å²) >= 11 is 5.98. The molecule has 0 atom stereocenters. The second-order valence-electron chi connectivity index (χ2n) is 4.16. The number of hydrogen-bond acceptors (Lipinski definition) is 4. The molecule has 0 unspecified atom stereocenters. The zero-order valence-corrected chi connectivity index (χ0v) is 12.3. The van der Waals surface area contributed by atoms with Gasteiger partial charge in [-0.05, 0) is 30.3 Å². The Morgan fingerprint density at radius 1 is 1.00 bits per heavy atom. The lowest BCUT2D eigenvalue weighted by atomic mass is 10.2. The molecule has 0 heterocycles. The molecule has 0 amide bonds. The topological polar surface area (TPSA) is 44.8 Å². The van der Waals surface area contributed by atoms with Gasteiger partial charge in [0.15, 0.2) is 11.5 Å². The van der Waals surface area contributed by atoms with E-state index in [1.165, 1.54) is 7.11 Å². The lowest BCUT2D eigenvalue weighted by Gasteiger charge is -2.12. The number of aldehydes is 1. The maximum absolute atomic E-state index is 10.7. The summed E-state index contributed by atoms with van der Waals surface area (Å²) in [5, 5.41) is 0.561. The van der Waals surface area contributed by atoms with E-state index in [4.69, 9.17) is 25.8 Å². The van der Waals surface area contributed by atoms with Gasteiger partial charge >= 0.3 is 0 Å². The van der Waals surface area contributed by atoms with Crippen LogP contribution in [0, 0.1) is 0 Å². The maximum Gasteiger partial charge on any atom is 0.161 e. The highest BCUT2D eigenvalue weighted by Gasteiger charge is 2.06. The maximum atomic E-state index is 10.7. The number of para-hydroxylation sites is 1. The van der Waals surface area contributed by atoms with Gasteiger partial charge in [-0.25, -0.2) is 0 Å². The van der Waals surface area contributed by atoms with Crippen molar-refractivity contribution in [3.63, 3.8) is 0 Å². The van der Waals surface area contributed by atoms with Crippen LogP contribution in [0.25, 0.3) is 0 Å². The van der Waals surface area contributed by atoms with Crippen molar-refractivity contribution >= 4 is 17.9 Å². The van der Waals surface area contributed by atoms with Crippen molar-refractivity contribution in [2.75, 3.05) is 20.3 Å². The first-order valence-electron chi connectivity index (χ1n) is 6.38. The van der Waals surface area contributed by atoms with Gasteiger partial charge < -0.3 is 14.2 Å². The molecule has 110 valence electrons. The molecule has 5 heteroatoms. The lowest BCUT2D eigenvalue weighted by Crippen LogP contribution is -2.09. The van der Waals surface area contributed by atoms with Crippen molar-refractivity contribution in [2.45, 2.75) is 0 Å². The van der Waals surface area contributed by atoms with Crippen molar-refractivity contribution in [3.8, 4) is 17.2 Å². The van der Waals surface area contributed by atoms with Gasteiger partial charge in [0.25, 0.3) is 0 Å². The highest BCUT2D eigenvalue weighted by Crippen LogP contribution is 2.27. The molecule has 21 heavy (non-hydrogen) atoms. The summed E-state index contributed by atoms with van der Waals surface area (Å²) < 4.78 is 16.3. The van der Waals surface area contributed by atoms with E-state index in [1.807, 2.05) is 12.1 Å². The monoisotopic (exact) mass is 306 g/mol. The summed E-state index contributed by atoms with van der Waals surface area (Å²) in [7, 11) is 1.52. The number of carbonyl (C=O) groups excluding carboxylic acids is 1. The Morgan fingerprint density at radius 3 is 2.38 bits per heavy atom. The molecule has 0 aliphatic carbocycles. The van der Waals surface area contributed by atoms with Crippen molar-refractivity contribution in [2.24, 2.45) is 0 Å². The zero-order valence-electron chi connectivity index (χ0n) is 11.5. The number of hydrogen-bond donors (Lipinski definition) is 0. The molecule has 0 bridgehead atoms. The van der Waals surface area contributed by atoms with Crippen LogP contribution in [-0.2, 0) is 0 Å². The molecule has 0 aliphatic heterocycles. The fraction of sp³-hybridized carbons (Fsp3) is 0.188. The third kappa shape index (κ3) is 4.13. The van der Waals surface area contributed by atoms with Crippen LogP contribution >= 0.6 is 11.6 Å². The van der Waals surface area contributed by atoms with Crippen molar-refractivity contribution in [1.82, 2.24) is 0 Å². The summed E-state index contributed by atoms with van der Waals surface area (Å²) in [6.45, 7) is 0.685. The van der Waals surface area contributed by atoms with E-state index < -0.39 is 0 Å². The average molecular weight is 307 g/mol. The summed E-state index contributed by atoms with van der Waals surface area (Å²) in [6.07, 6.45) is 0.757. The Hall–Kier alpha value is -2.20. The van der Waals surface area contributed by atoms with Crippen LogP contribution in [0.5, 0.6) is 17.2 Å².